The van der Waals surface area contributed by atoms with Crippen molar-refractivity contribution in [3.63, 3.8) is 0 Å². The first-order valence-corrected chi connectivity index (χ1v) is 5.04. The van der Waals surface area contributed by atoms with Gasteiger partial charge in [0.1, 0.15) is 0 Å². The summed E-state index contributed by atoms with van der Waals surface area (Å²) < 4.78 is 3.24. The maximum atomic E-state index is 11.2. The summed E-state index contributed by atoms with van der Waals surface area (Å²) in [5.41, 5.74) is 0.907. The summed E-state index contributed by atoms with van der Waals surface area (Å²) >= 11 is 6.55. The smallest absolute Gasteiger partial charge is 0.229 e. The number of carbonyl (C=O) groups is 1. The molecule has 2 aromatic rings. The normalized spacial score (nSPS) is 10.5. The summed E-state index contributed by atoms with van der Waals surface area (Å²) in [6.45, 7) is 1.52. The molecule has 0 N–H and O–H groups in total. The highest BCUT2D eigenvalue weighted by Gasteiger charge is 2.06. The second kappa shape index (κ2) is 3.05. The van der Waals surface area contributed by atoms with Crippen LogP contribution in [0.5, 0.6) is 0 Å². The Morgan fingerprint density at radius 3 is 2.85 bits per heavy atom. The maximum absolute atomic E-state index is 11.2. The fourth-order valence-electron chi connectivity index (χ4n) is 1.26. The molecule has 0 aliphatic carbocycles. The molecule has 0 saturated heterocycles. The molecule has 0 aliphatic heterocycles. The number of rotatable bonds is 0. The SMILES string of the molecule is CC(=O)n1c(=S)sc2ccccc21. The zero-order chi connectivity index (χ0) is 9.42. The average molecular weight is 209 g/mol. The molecule has 1 aromatic heterocycles. The van der Waals surface area contributed by atoms with Crippen LogP contribution in [0.1, 0.15) is 11.7 Å². The van der Waals surface area contributed by atoms with E-state index >= 15 is 0 Å². The van der Waals surface area contributed by atoms with E-state index in [1.165, 1.54) is 18.3 Å². The Balaban J connectivity index is 2.95. The van der Waals surface area contributed by atoms with Crippen molar-refractivity contribution in [1.29, 1.82) is 0 Å². The molecule has 2 nitrogen and oxygen atoms in total. The van der Waals surface area contributed by atoms with Crippen molar-refractivity contribution in [2.24, 2.45) is 0 Å². The third-order valence-electron chi connectivity index (χ3n) is 1.80. The first-order valence-electron chi connectivity index (χ1n) is 3.81. The van der Waals surface area contributed by atoms with Gasteiger partial charge >= 0.3 is 0 Å². The molecular formula is C9H7NOS2. The quantitative estimate of drug-likeness (QED) is 0.622. The van der Waals surface area contributed by atoms with Crippen molar-refractivity contribution in [1.82, 2.24) is 4.57 Å². The lowest BCUT2D eigenvalue weighted by atomic mass is 10.3. The minimum Gasteiger partial charge on any atom is -0.274 e. The zero-order valence-electron chi connectivity index (χ0n) is 6.98. The molecule has 0 fully saturated rings. The van der Waals surface area contributed by atoms with Crippen molar-refractivity contribution in [3.05, 3.63) is 28.2 Å². The third-order valence-corrected chi connectivity index (χ3v) is 3.16. The van der Waals surface area contributed by atoms with E-state index in [4.69, 9.17) is 12.2 Å². The van der Waals surface area contributed by atoms with Crippen LogP contribution in [-0.2, 0) is 0 Å². The highest BCUT2D eigenvalue weighted by molar-refractivity contribution is 7.73. The first-order chi connectivity index (χ1) is 6.20. The van der Waals surface area contributed by atoms with Crippen molar-refractivity contribution in [3.8, 4) is 0 Å². The summed E-state index contributed by atoms with van der Waals surface area (Å²) in [5, 5.41) is 0. The summed E-state index contributed by atoms with van der Waals surface area (Å²) in [4.78, 5) is 11.2. The lowest BCUT2D eigenvalue weighted by Gasteiger charge is -1.96. The number of para-hydroxylation sites is 1. The molecule has 0 atom stereocenters. The maximum Gasteiger partial charge on any atom is 0.229 e. The van der Waals surface area contributed by atoms with Gasteiger partial charge in [0.05, 0.1) is 10.2 Å². The second-order valence-corrected chi connectivity index (χ2v) is 4.37. The second-order valence-electron chi connectivity index (χ2n) is 2.69. The number of benzene rings is 1. The highest BCUT2D eigenvalue weighted by Crippen LogP contribution is 2.22. The number of thiazole rings is 1. The van der Waals surface area contributed by atoms with Gasteiger partial charge in [-0.15, -0.1) is 11.3 Å². The van der Waals surface area contributed by atoms with Crippen molar-refractivity contribution < 1.29 is 4.79 Å². The fourth-order valence-corrected chi connectivity index (χ4v) is 2.68. The molecule has 1 aromatic carbocycles. The van der Waals surface area contributed by atoms with E-state index in [2.05, 4.69) is 0 Å². The number of nitrogens with zero attached hydrogens (tertiary/aromatic N) is 1. The van der Waals surface area contributed by atoms with Crippen LogP contribution in [0, 0.1) is 3.95 Å². The minimum atomic E-state index is -0.0255. The van der Waals surface area contributed by atoms with E-state index in [1.54, 1.807) is 4.57 Å². The van der Waals surface area contributed by atoms with E-state index in [0.29, 0.717) is 3.95 Å². The Labute approximate surface area is 84.4 Å². The Bertz CT molecular complexity index is 524. The molecule has 4 heteroatoms. The van der Waals surface area contributed by atoms with Crippen LogP contribution in [0.4, 0.5) is 0 Å². The molecule has 0 bridgehead atoms. The molecule has 13 heavy (non-hydrogen) atoms. The third kappa shape index (κ3) is 1.32. The monoisotopic (exact) mass is 209 g/mol. The topological polar surface area (TPSA) is 22.0 Å². The lowest BCUT2D eigenvalue weighted by molar-refractivity contribution is 0.0941. The first kappa shape index (κ1) is 8.59. The molecule has 0 aliphatic rings. The molecule has 1 heterocycles. The van der Waals surface area contributed by atoms with Gasteiger partial charge in [0.2, 0.25) is 5.91 Å². The van der Waals surface area contributed by atoms with Crippen LogP contribution in [0.15, 0.2) is 24.3 Å². The molecule has 0 saturated carbocycles. The predicted molar refractivity (Wildman–Crippen MR) is 56.9 cm³/mol. The van der Waals surface area contributed by atoms with Crippen molar-refractivity contribution >= 4 is 39.7 Å². The average Bonchev–Trinajstić information content (AvgIpc) is 2.39. The van der Waals surface area contributed by atoms with Crippen LogP contribution in [0.2, 0.25) is 0 Å². The Morgan fingerprint density at radius 1 is 1.46 bits per heavy atom. The Hall–Kier alpha value is -1.00. The van der Waals surface area contributed by atoms with E-state index in [1.807, 2.05) is 24.3 Å². The number of hydrogen-bond donors (Lipinski definition) is 0. The lowest BCUT2D eigenvalue weighted by Crippen LogP contribution is -2.04. The fraction of sp³-hybridized carbons (Fsp3) is 0.111. The van der Waals surface area contributed by atoms with Crippen LogP contribution in [0.25, 0.3) is 10.2 Å². The van der Waals surface area contributed by atoms with Crippen molar-refractivity contribution in [2.45, 2.75) is 6.92 Å². The number of carbonyl (C=O) groups excluding carboxylic acids is 1. The number of aromatic nitrogens is 1. The molecule has 0 radical (unpaired) electrons. The highest BCUT2D eigenvalue weighted by atomic mass is 32.1. The van der Waals surface area contributed by atoms with Gasteiger partial charge in [-0.3, -0.25) is 9.36 Å². The van der Waals surface area contributed by atoms with Crippen LogP contribution < -0.4 is 0 Å². The standard InChI is InChI=1S/C9H7NOS2/c1-6(11)10-7-4-2-3-5-8(7)13-9(10)12/h2-5H,1H3. The van der Waals surface area contributed by atoms with Gasteiger partial charge in [-0.25, -0.2) is 0 Å². The van der Waals surface area contributed by atoms with Gasteiger partial charge in [0, 0.05) is 6.92 Å². The molecule has 0 spiro atoms. The van der Waals surface area contributed by atoms with E-state index in [9.17, 15) is 4.79 Å². The van der Waals surface area contributed by atoms with Gasteiger partial charge in [0.15, 0.2) is 3.95 Å². The molecule has 66 valence electrons. The molecule has 0 amide bonds. The van der Waals surface area contributed by atoms with E-state index < -0.39 is 0 Å². The van der Waals surface area contributed by atoms with Gasteiger partial charge in [-0.1, -0.05) is 12.1 Å². The summed E-state index contributed by atoms with van der Waals surface area (Å²) in [6, 6.07) is 7.72. The minimum absolute atomic E-state index is 0.0255. The van der Waals surface area contributed by atoms with E-state index in [0.717, 1.165) is 10.2 Å². The number of hydrogen-bond acceptors (Lipinski definition) is 3. The van der Waals surface area contributed by atoms with Gasteiger partial charge in [0.25, 0.3) is 0 Å². The molecule has 2 rings (SSSR count). The van der Waals surface area contributed by atoms with Crippen LogP contribution in [0.3, 0.4) is 0 Å². The zero-order valence-corrected chi connectivity index (χ0v) is 8.61. The predicted octanol–water partition coefficient (Wildman–Crippen LogP) is 3.09. The molecule has 0 unspecified atom stereocenters. The number of fused-ring (bicyclic) bond motifs is 1. The van der Waals surface area contributed by atoms with Gasteiger partial charge in [-0.2, -0.15) is 0 Å². The van der Waals surface area contributed by atoms with Crippen LogP contribution >= 0.6 is 23.6 Å². The largest absolute Gasteiger partial charge is 0.274 e. The Kier molecular flexibility index (Phi) is 2.01. The van der Waals surface area contributed by atoms with Crippen molar-refractivity contribution in [2.75, 3.05) is 0 Å². The van der Waals surface area contributed by atoms with Gasteiger partial charge < -0.3 is 0 Å². The van der Waals surface area contributed by atoms with E-state index in [-0.39, 0.29) is 5.91 Å². The summed E-state index contributed by atoms with van der Waals surface area (Å²) in [6.07, 6.45) is 0. The molecular weight excluding hydrogens is 202 g/mol. The summed E-state index contributed by atoms with van der Waals surface area (Å²) in [5.74, 6) is -0.0255. The van der Waals surface area contributed by atoms with Gasteiger partial charge in [-0.05, 0) is 24.4 Å². The summed E-state index contributed by atoms with van der Waals surface area (Å²) in [7, 11) is 0. The Morgan fingerprint density at radius 2 is 2.15 bits per heavy atom. The van der Waals surface area contributed by atoms with Crippen LogP contribution in [-0.4, -0.2) is 10.5 Å².